The topological polar surface area (TPSA) is 18.5 Å². The number of halogens is 3. The lowest BCUT2D eigenvalue weighted by molar-refractivity contribution is 0.171. The average Bonchev–Trinajstić information content (AvgIpc) is 2.77. The molecular weight excluding hydrogens is 427 g/mol. The molecule has 3 rings (SSSR count). The first-order valence-electron chi connectivity index (χ1n) is 6.05. The van der Waals surface area contributed by atoms with Gasteiger partial charge in [-0.15, -0.1) is 22.9 Å². The van der Waals surface area contributed by atoms with Gasteiger partial charge in [-0.3, -0.25) is 0 Å². The van der Waals surface area contributed by atoms with Crippen LogP contribution >= 0.6 is 54.8 Å². The summed E-state index contributed by atoms with van der Waals surface area (Å²) in [7, 11) is 0. The van der Waals surface area contributed by atoms with E-state index in [1.165, 1.54) is 5.56 Å². The summed E-state index contributed by atoms with van der Waals surface area (Å²) in [5, 5.41) is -0.213. The van der Waals surface area contributed by atoms with Crippen molar-refractivity contribution in [3.05, 3.63) is 42.5 Å². The molecule has 20 heavy (non-hydrogen) atoms. The quantitative estimate of drug-likeness (QED) is 0.562. The Morgan fingerprint density at radius 2 is 1.80 bits per heavy atom. The maximum Gasteiger partial charge on any atom is 0.162 e. The second kappa shape index (κ2) is 5.87. The lowest BCUT2D eigenvalue weighted by Crippen LogP contribution is -2.15. The highest BCUT2D eigenvalue weighted by molar-refractivity contribution is 9.11. The van der Waals surface area contributed by atoms with Crippen molar-refractivity contribution in [2.75, 3.05) is 13.2 Å². The Bertz CT molecular complexity index is 637. The Labute approximate surface area is 143 Å². The van der Waals surface area contributed by atoms with Gasteiger partial charge in [0.25, 0.3) is 0 Å². The van der Waals surface area contributed by atoms with Gasteiger partial charge in [0, 0.05) is 9.35 Å². The number of rotatable bonds is 2. The Balaban J connectivity index is 2.00. The smallest absolute Gasteiger partial charge is 0.162 e. The zero-order valence-corrected chi connectivity index (χ0v) is 15.3. The van der Waals surface area contributed by atoms with Crippen LogP contribution in [0.5, 0.6) is 11.5 Å². The van der Waals surface area contributed by atoms with Gasteiger partial charge in [0.05, 0.1) is 9.16 Å². The van der Waals surface area contributed by atoms with Gasteiger partial charge in [-0.25, -0.2) is 0 Å². The summed E-state index contributed by atoms with van der Waals surface area (Å²) in [6.45, 7) is 3.22. The first kappa shape index (κ1) is 14.7. The van der Waals surface area contributed by atoms with E-state index >= 15 is 0 Å². The van der Waals surface area contributed by atoms with Crippen LogP contribution in [0.25, 0.3) is 0 Å². The third-order valence-electron chi connectivity index (χ3n) is 3.06. The van der Waals surface area contributed by atoms with Gasteiger partial charge < -0.3 is 9.47 Å². The third-order valence-corrected chi connectivity index (χ3v) is 6.55. The molecule has 1 aliphatic heterocycles. The Hall–Kier alpha value is -0.230. The monoisotopic (exact) mass is 436 g/mol. The highest BCUT2D eigenvalue weighted by Gasteiger charge is 2.22. The molecule has 1 aliphatic rings. The number of hydrogen-bond acceptors (Lipinski definition) is 3. The zero-order valence-electron chi connectivity index (χ0n) is 10.6. The molecule has 2 heterocycles. The first-order chi connectivity index (χ1) is 9.56. The minimum Gasteiger partial charge on any atom is -0.486 e. The molecule has 2 nitrogen and oxygen atoms in total. The number of aryl methyl sites for hydroxylation is 1. The summed E-state index contributed by atoms with van der Waals surface area (Å²) in [5.74, 6) is 1.52. The average molecular weight is 439 g/mol. The second-order valence-corrected chi connectivity index (χ2v) is 8.18. The van der Waals surface area contributed by atoms with Gasteiger partial charge in [-0.2, -0.15) is 0 Å². The Kier molecular flexibility index (Phi) is 4.32. The second-order valence-electron chi connectivity index (χ2n) is 4.49. The molecule has 0 saturated heterocycles. The predicted octanol–water partition coefficient (Wildman–Crippen LogP) is 5.68. The lowest BCUT2D eigenvalue weighted by atomic mass is 10.1. The molecule has 0 radical (unpaired) electrons. The third kappa shape index (κ3) is 2.73. The molecule has 2 aromatic rings. The van der Waals surface area contributed by atoms with Crippen molar-refractivity contribution in [1.29, 1.82) is 0 Å². The van der Waals surface area contributed by atoms with Crippen LogP contribution in [0.1, 0.15) is 21.4 Å². The minimum absolute atomic E-state index is 0.213. The van der Waals surface area contributed by atoms with Gasteiger partial charge in [-0.1, -0.05) is 15.9 Å². The SMILES string of the molecule is Cc1cc(C(Cl)c2cc3c(cc2Br)OCCO3)sc1Br. The molecule has 1 aromatic heterocycles. The van der Waals surface area contributed by atoms with Gasteiger partial charge in [0.15, 0.2) is 11.5 Å². The predicted molar refractivity (Wildman–Crippen MR) is 89.6 cm³/mol. The van der Waals surface area contributed by atoms with Crippen LogP contribution in [0, 0.1) is 6.92 Å². The number of benzene rings is 1. The Morgan fingerprint density at radius 1 is 1.15 bits per heavy atom. The van der Waals surface area contributed by atoms with Crippen LogP contribution in [-0.2, 0) is 0 Å². The molecule has 1 aromatic carbocycles. The maximum atomic E-state index is 6.63. The van der Waals surface area contributed by atoms with Crippen molar-refractivity contribution in [3.63, 3.8) is 0 Å². The molecule has 0 spiro atoms. The van der Waals surface area contributed by atoms with Crippen LogP contribution in [0.2, 0.25) is 0 Å². The Morgan fingerprint density at radius 3 is 2.40 bits per heavy atom. The summed E-state index contributed by atoms with van der Waals surface area (Å²) < 4.78 is 13.2. The lowest BCUT2D eigenvalue weighted by Gasteiger charge is -2.21. The van der Waals surface area contributed by atoms with Crippen molar-refractivity contribution in [3.8, 4) is 11.5 Å². The minimum atomic E-state index is -0.213. The van der Waals surface area contributed by atoms with Crippen LogP contribution < -0.4 is 9.47 Å². The molecule has 1 atom stereocenters. The van der Waals surface area contributed by atoms with E-state index < -0.39 is 0 Å². The maximum absolute atomic E-state index is 6.63. The van der Waals surface area contributed by atoms with E-state index in [0.717, 1.165) is 30.2 Å². The molecular formula is C14H11Br2ClO2S. The van der Waals surface area contributed by atoms with E-state index in [0.29, 0.717) is 13.2 Å². The van der Waals surface area contributed by atoms with Crippen LogP contribution in [0.3, 0.4) is 0 Å². The fourth-order valence-electron chi connectivity index (χ4n) is 2.04. The molecule has 1 unspecified atom stereocenters. The molecule has 0 amide bonds. The molecule has 6 heteroatoms. The van der Waals surface area contributed by atoms with E-state index in [-0.39, 0.29) is 5.38 Å². The summed E-state index contributed by atoms with van der Waals surface area (Å²) in [5.41, 5.74) is 2.19. The molecule has 0 bridgehead atoms. The van der Waals surface area contributed by atoms with Crippen molar-refractivity contribution < 1.29 is 9.47 Å². The summed E-state index contributed by atoms with van der Waals surface area (Å²) in [6.07, 6.45) is 0. The van der Waals surface area contributed by atoms with E-state index in [1.54, 1.807) is 11.3 Å². The fraction of sp³-hybridized carbons (Fsp3) is 0.286. The van der Waals surface area contributed by atoms with Crippen molar-refractivity contribution in [1.82, 2.24) is 0 Å². The largest absolute Gasteiger partial charge is 0.486 e. The van der Waals surface area contributed by atoms with Gasteiger partial charge in [0.2, 0.25) is 0 Å². The standard InChI is InChI=1S/C14H11Br2ClO2S/c1-7-4-12(20-14(7)16)13(17)8-5-10-11(6-9(8)15)19-3-2-18-10/h4-6,13H,2-3H2,1H3. The molecule has 106 valence electrons. The molecule has 0 fully saturated rings. The summed E-state index contributed by atoms with van der Waals surface area (Å²) in [6, 6.07) is 5.99. The van der Waals surface area contributed by atoms with E-state index in [4.69, 9.17) is 21.1 Å². The summed E-state index contributed by atoms with van der Waals surface area (Å²) >= 11 is 15.4. The highest BCUT2D eigenvalue weighted by atomic mass is 79.9. The highest BCUT2D eigenvalue weighted by Crippen LogP contribution is 2.44. The fourth-order valence-corrected chi connectivity index (χ4v) is 4.66. The van der Waals surface area contributed by atoms with Gasteiger partial charge in [-0.05, 0) is 52.2 Å². The van der Waals surface area contributed by atoms with Crippen LogP contribution in [0.15, 0.2) is 26.5 Å². The molecule has 0 N–H and O–H groups in total. The van der Waals surface area contributed by atoms with E-state index in [1.807, 2.05) is 12.1 Å². The van der Waals surface area contributed by atoms with E-state index in [2.05, 4.69) is 44.8 Å². The first-order valence-corrected chi connectivity index (χ1v) is 8.89. The number of alkyl halides is 1. The summed E-state index contributed by atoms with van der Waals surface area (Å²) in [4.78, 5) is 1.11. The number of thiophene rings is 1. The molecule has 0 saturated carbocycles. The number of fused-ring (bicyclic) bond motifs is 1. The normalized spacial score (nSPS) is 15.2. The van der Waals surface area contributed by atoms with Crippen LogP contribution in [0.4, 0.5) is 0 Å². The number of hydrogen-bond donors (Lipinski definition) is 0. The zero-order chi connectivity index (χ0) is 14.3. The molecule has 0 aliphatic carbocycles. The number of ether oxygens (including phenoxy) is 2. The van der Waals surface area contributed by atoms with Crippen LogP contribution in [-0.4, -0.2) is 13.2 Å². The van der Waals surface area contributed by atoms with Crippen molar-refractivity contribution >= 4 is 54.8 Å². The van der Waals surface area contributed by atoms with Crippen molar-refractivity contribution in [2.45, 2.75) is 12.3 Å². The van der Waals surface area contributed by atoms with E-state index in [9.17, 15) is 0 Å². The van der Waals surface area contributed by atoms with Crippen molar-refractivity contribution in [2.24, 2.45) is 0 Å². The van der Waals surface area contributed by atoms with Gasteiger partial charge >= 0.3 is 0 Å². The van der Waals surface area contributed by atoms with Gasteiger partial charge in [0.1, 0.15) is 13.2 Å².